The van der Waals surface area contributed by atoms with Gasteiger partial charge in [-0.3, -0.25) is 9.69 Å². The number of hydrogen-bond donors (Lipinski definition) is 1. The lowest BCUT2D eigenvalue weighted by Gasteiger charge is -2.35. The maximum absolute atomic E-state index is 12.7. The molecule has 6 nitrogen and oxygen atoms in total. The van der Waals surface area contributed by atoms with Crippen LogP contribution in [-0.2, 0) is 0 Å². The topological polar surface area (TPSA) is 63.9 Å². The normalized spacial score (nSPS) is 15.5. The average molecular weight is 441 g/mol. The van der Waals surface area contributed by atoms with E-state index in [1.54, 1.807) is 37.7 Å². The quantitative estimate of drug-likeness (QED) is 0.526. The number of amides is 1. The first-order valence-electron chi connectivity index (χ1n) is 10.5. The first kappa shape index (κ1) is 21.5. The molecule has 1 amide bonds. The van der Waals surface area contributed by atoms with Gasteiger partial charge in [0.05, 0.1) is 26.5 Å². The summed E-state index contributed by atoms with van der Waals surface area (Å²) in [5, 5.41) is 3.93. The fourth-order valence-corrected chi connectivity index (χ4v) is 5.13. The third-order valence-electron chi connectivity index (χ3n) is 5.63. The first-order chi connectivity index (χ1) is 15.1. The monoisotopic (exact) mass is 440 g/mol. The van der Waals surface area contributed by atoms with E-state index in [4.69, 9.17) is 13.9 Å². The van der Waals surface area contributed by atoms with Gasteiger partial charge in [-0.1, -0.05) is 12.5 Å². The summed E-state index contributed by atoms with van der Waals surface area (Å²) in [6.45, 7) is 4.09. The third-order valence-corrected chi connectivity index (χ3v) is 6.61. The molecule has 1 atom stereocenters. The molecular weight excluding hydrogens is 412 g/mol. The number of carbonyl (C=O) groups excluding carboxylic acids is 1. The zero-order valence-electron chi connectivity index (χ0n) is 18.1. The molecule has 0 unspecified atom stereocenters. The predicted molar refractivity (Wildman–Crippen MR) is 123 cm³/mol. The number of nitrogens with one attached hydrogen (secondary N) is 1. The van der Waals surface area contributed by atoms with Crippen LogP contribution in [0, 0.1) is 6.92 Å². The van der Waals surface area contributed by atoms with Crippen LogP contribution in [0.2, 0.25) is 0 Å². The summed E-state index contributed by atoms with van der Waals surface area (Å²) in [5.41, 5.74) is 2.21. The van der Waals surface area contributed by atoms with Gasteiger partial charge in [0, 0.05) is 10.4 Å². The molecule has 1 aliphatic heterocycles. The molecule has 0 saturated carbocycles. The second kappa shape index (κ2) is 9.58. The third kappa shape index (κ3) is 4.62. The van der Waals surface area contributed by atoms with Crippen LogP contribution < -0.4 is 14.8 Å². The number of furan rings is 1. The van der Waals surface area contributed by atoms with Crippen molar-refractivity contribution in [3.63, 3.8) is 0 Å². The average Bonchev–Trinajstić information content (AvgIpc) is 3.45. The molecule has 0 aliphatic carbocycles. The molecule has 0 bridgehead atoms. The van der Waals surface area contributed by atoms with Gasteiger partial charge >= 0.3 is 0 Å². The summed E-state index contributed by atoms with van der Waals surface area (Å²) in [6, 6.07) is 11.7. The van der Waals surface area contributed by atoms with Crippen molar-refractivity contribution >= 4 is 22.2 Å². The van der Waals surface area contributed by atoms with Crippen molar-refractivity contribution in [3.8, 4) is 11.5 Å². The second-order valence-corrected chi connectivity index (χ2v) is 8.94. The number of nitrogens with zero attached hydrogens (tertiary/aromatic N) is 1. The van der Waals surface area contributed by atoms with Crippen LogP contribution in [0.3, 0.4) is 0 Å². The molecule has 4 rings (SSSR count). The molecule has 7 heteroatoms. The van der Waals surface area contributed by atoms with E-state index in [1.165, 1.54) is 25.5 Å². The Morgan fingerprint density at radius 1 is 1.10 bits per heavy atom. The van der Waals surface area contributed by atoms with Crippen LogP contribution in [-0.4, -0.2) is 38.1 Å². The minimum absolute atomic E-state index is 0.0111. The number of thiophene rings is 1. The fourth-order valence-electron chi connectivity index (χ4n) is 4.19. The molecule has 0 radical (unpaired) electrons. The van der Waals surface area contributed by atoms with Crippen molar-refractivity contribution in [1.29, 1.82) is 0 Å². The van der Waals surface area contributed by atoms with Crippen molar-refractivity contribution < 1.29 is 18.7 Å². The SMILES string of the molecule is COc1ccc([C@H](c2cc(C)sc2NC(=O)c2ccco2)N2CCCCC2)cc1OC. The smallest absolute Gasteiger partial charge is 0.291 e. The van der Waals surface area contributed by atoms with Gasteiger partial charge in [0.1, 0.15) is 5.00 Å². The van der Waals surface area contributed by atoms with E-state index in [2.05, 4.69) is 29.3 Å². The lowest BCUT2D eigenvalue weighted by Crippen LogP contribution is -2.34. The Hall–Kier alpha value is -2.77. The Morgan fingerprint density at radius 2 is 1.87 bits per heavy atom. The summed E-state index contributed by atoms with van der Waals surface area (Å²) in [6.07, 6.45) is 5.09. The Morgan fingerprint density at radius 3 is 2.55 bits per heavy atom. The lowest BCUT2D eigenvalue weighted by atomic mass is 9.95. The van der Waals surface area contributed by atoms with Gasteiger partial charge in [-0.05, 0) is 68.8 Å². The molecule has 0 spiro atoms. The molecule has 3 aromatic rings. The number of anilines is 1. The molecule has 3 heterocycles. The van der Waals surface area contributed by atoms with Gasteiger partial charge in [0.15, 0.2) is 17.3 Å². The van der Waals surface area contributed by atoms with Crippen LogP contribution in [0.5, 0.6) is 11.5 Å². The first-order valence-corrected chi connectivity index (χ1v) is 11.3. The Balaban J connectivity index is 1.75. The highest BCUT2D eigenvalue weighted by molar-refractivity contribution is 7.16. The number of likely N-dealkylation sites (tertiary alicyclic amines) is 1. The largest absolute Gasteiger partial charge is 0.493 e. The zero-order chi connectivity index (χ0) is 21.8. The summed E-state index contributed by atoms with van der Waals surface area (Å²) in [4.78, 5) is 16.3. The summed E-state index contributed by atoms with van der Waals surface area (Å²) < 4.78 is 16.3. The Labute approximate surface area is 186 Å². The van der Waals surface area contributed by atoms with E-state index >= 15 is 0 Å². The highest BCUT2D eigenvalue weighted by atomic mass is 32.1. The van der Waals surface area contributed by atoms with Gasteiger partial charge in [-0.2, -0.15) is 0 Å². The van der Waals surface area contributed by atoms with Crippen molar-refractivity contribution in [2.24, 2.45) is 0 Å². The fraction of sp³-hybridized carbons (Fsp3) is 0.375. The number of methoxy groups -OCH3 is 2. The number of rotatable bonds is 7. The maximum atomic E-state index is 12.7. The van der Waals surface area contributed by atoms with Crippen LogP contribution in [0.4, 0.5) is 5.00 Å². The Kier molecular flexibility index (Phi) is 6.63. The second-order valence-electron chi connectivity index (χ2n) is 7.69. The molecule has 1 fully saturated rings. The van der Waals surface area contributed by atoms with Crippen LogP contribution in [0.1, 0.15) is 51.9 Å². The summed E-state index contributed by atoms with van der Waals surface area (Å²) in [7, 11) is 3.30. The maximum Gasteiger partial charge on any atom is 0.291 e. The summed E-state index contributed by atoms with van der Waals surface area (Å²) in [5.74, 6) is 1.47. The molecule has 1 aliphatic rings. The van der Waals surface area contributed by atoms with Crippen molar-refractivity contribution in [2.45, 2.75) is 32.2 Å². The van der Waals surface area contributed by atoms with Crippen LogP contribution in [0.25, 0.3) is 0 Å². The number of aryl methyl sites for hydroxylation is 1. The molecule has 1 aromatic carbocycles. The van der Waals surface area contributed by atoms with Gasteiger partial charge < -0.3 is 19.2 Å². The highest BCUT2D eigenvalue weighted by Crippen LogP contribution is 2.42. The van der Waals surface area contributed by atoms with Gasteiger partial charge in [0.25, 0.3) is 5.91 Å². The number of hydrogen-bond acceptors (Lipinski definition) is 6. The number of ether oxygens (including phenoxy) is 2. The van der Waals surface area contributed by atoms with E-state index in [9.17, 15) is 4.79 Å². The lowest BCUT2D eigenvalue weighted by molar-refractivity contribution is 0.0996. The molecule has 2 aromatic heterocycles. The minimum Gasteiger partial charge on any atom is -0.493 e. The van der Waals surface area contributed by atoms with Crippen LogP contribution in [0.15, 0.2) is 47.1 Å². The highest BCUT2D eigenvalue weighted by Gasteiger charge is 2.29. The Bertz CT molecular complexity index is 1020. The standard InChI is InChI=1S/C24H28N2O4S/c1-16-14-18(24(31-16)25-23(27)20-8-7-13-30-20)22(26-11-5-4-6-12-26)17-9-10-19(28-2)21(15-17)29-3/h7-10,13-15,22H,4-6,11-12H2,1-3H3,(H,25,27)/t22-/m1/s1. The van der Waals surface area contributed by atoms with E-state index in [1.807, 2.05) is 12.1 Å². The van der Waals surface area contributed by atoms with E-state index in [0.29, 0.717) is 17.3 Å². The van der Waals surface area contributed by atoms with Crippen molar-refractivity contribution in [2.75, 3.05) is 32.6 Å². The summed E-state index contributed by atoms with van der Waals surface area (Å²) >= 11 is 1.59. The van der Waals surface area contributed by atoms with Gasteiger partial charge in [0.2, 0.25) is 0 Å². The molecule has 164 valence electrons. The van der Waals surface area contributed by atoms with Crippen molar-refractivity contribution in [3.05, 3.63) is 64.4 Å². The predicted octanol–water partition coefficient (Wildman–Crippen LogP) is 5.49. The molecule has 1 N–H and O–H groups in total. The van der Waals surface area contributed by atoms with E-state index in [-0.39, 0.29) is 11.9 Å². The number of carbonyl (C=O) groups is 1. The number of benzene rings is 1. The van der Waals surface area contributed by atoms with Gasteiger partial charge in [-0.25, -0.2) is 0 Å². The molecule has 1 saturated heterocycles. The van der Waals surface area contributed by atoms with Crippen molar-refractivity contribution in [1.82, 2.24) is 4.90 Å². The molecule has 31 heavy (non-hydrogen) atoms. The zero-order valence-corrected chi connectivity index (χ0v) is 19.0. The molecular formula is C24H28N2O4S. The van der Waals surface area contributed by atoms with E-state index < -0.39 is 0 Å². The van der Waals surface area contributed by atoms with Crippen LogP contribution >= 0.6 is 11.3 Å². The van der Waals surface area contributed by atoms with E-state index in [0.717, 1.165) is 34.1 Å². The van der Waals surface area contributed by atoms with Gasteiger partial charge in [-0.15, -0.1) is 11.3 Å². The number of piperidine rings is 1. The minimum atomic E-state index is -0.238.